The fraction of sp³-hybridized carbons (Fsp3) is 0.600. The molecule has 1 saturated heterocycles. The van der Waals surface area contributed by atoms with E-state index in [-0.39, 0.29) is 0 Å². The molecule has 2 rings (SSSR count). The monoisotopic (exact) mass is 233 g/mol. The van der Waals surface area contributed by atoms with Crippen molar-refractivity contribution in [2.24, 2.45) is 5.92 Å². The predicted octanol–water partition coefficient (Wildman–Crippen LogP) is 2.63. The molecule has 1 N–H and O–H groups in total. The first-order chi connectivity index (χ1) is 8.20. The van der Waals surface area contributed by atoms with Crippen molar-refractivity contribution >= 4 is 0 Å². The van der Waals surface area contributed by atoms with E-state index >= 15 is 0 Å². The van der Waals surface area contributed by atoms with Gasteiger partial charge in [-0.3, -0.25) is 0 Å². The van der Waals surface area contributed by atoms with Gasteiger partial charge in [-0.25, -0.2) is 0 Å². The number of likely N-dealkylation sites (tertiary alicyclic amines) is 1. The Morgan fingerprint density at radius 1 is 1.29 bits per heavy atom. The predicted molar refractivity (Wildman–Crippen MR) is 70.9 cm³/mol. The second-order valence-corrected chi connectivity index (χ2v) is 5.02. The van der Waals surface area contributed by atoms with Gasteiger partial charge >= 0.3 is 0 Å². The van der Waals surface area contributed by atoms with Crippen LogP contribution < -0.4 is 0 Å². The largest absolute Gasteiger partial charge is 0.385 e. The Labute approximate surface area is 104 Å². The van der Waals surface area contributed by atoms with Crippen molar-refractivity contribution < 1.29 is 5.11 Å². The third kappa shape index (κ3) is 2.38. The summed E-state index contributed by atoms with van der Waals surface area (Å²) in [5, 5.41) is 11.0. The average Bonchev–Trinajstić information content (AvgIpc) is 2.88. The highest BCUT2D eigenvalue weighted by Crippen LogP contribution is 2.38. The van der Waals surface area contributed by atoms with E-state index in [1.807, 2.05) is 18.2 Å². The molecule has 0 aliphatic carbocycles. The van der Waals surface area contributed by atoms with Crippen molar-refractivity contribution in [1.29, 1.82) is 0 Å². The smallest absolute Gasteiger partial charge is 0.0934 e. The summed E-state index contributed by atoms with van der Waals surface area (Å²) in [5.74, 6) is 0.370. The molecule has 1 aromatic carbocycles. The van der Waals surface area contributed by atoms with Crippen LogP contribution in [0.25, 0.3) is 0 Å². The molecule has 2 nitrogen and oxygen atoms in total. The highest BCUT2D eigenvalue weighted by molar-refractivity contribution is 5.23. The second kappa shape index (κ2) is 5.19. The molecule has 2 heteroatoms. The van der Waals surface area contributed by atoms with Gasteiger partial charge in [0.05, 0.1) is 5.60 Å². The normalized spacial score (nSPS) is 24.8. The van der Waals surface area contributed by atoms with Crippen LogP contribution in [0.3, 0.4) is 0 Å². The Bertz CT molecular complexity index is 351. The third-order valence-corrected chi connectivity index (χ3v) is 4.21. The molecule has 0 amide bonds. The number of hydrogen-bond donors (Lipinski definition) is 1. The molecule has 94 valence electrons. The van der Waals surface area contributed by atoms with Gasteiger partial charge < -0.3 is 10.0 Å². The minimum Gasteiger partial charge on any atom is -0.385 e. The minimum atomic E-state index is -0.648. The lowest BCUT2D eigenvalue weighted by atomic mass is 9.79. The molecule has 1 fully saturated rings. The van der Waals surface area contributed by atoms with E-state index < -0.39 is 5.60 Å². The fourth-order valence-electron chi connectivity index (χ4n) is 2.96. The van der Waals surface area contributed by atoms with Gasteiger partial charge in [0.2, 0.25) is 0 Å². The zero-order valence-corrected chi connectivity index (χ0v) is 10.9. The Hall–Kier alpha value is -0.860. The molecule has 1 aliphatic rings. The molecule has 0 bridgehead atoms. The summed E-state index contributed by atoms with van der Waals surface area (Å²) in [6.07, 6.45) is 1.90. The molecule has 17 heavy (non-hydrogen) atoms. The van der Waals surface area contributed by atoms with Crippen molar-refractivity contribution in [3.05, 3.63) is 35.9 Å². The zero-order valence-electron chi connectivity index (χ0n) is 10.9. The quantitative estimate of drug-likeness (QED) is 0.864. The van der Waals surface area contributed by atoms with Crippen LogP contribution in [0.2, 0.25) is 0 Å². The fourth-order valence-corrected chi connectivity index (χ4v) is 2.96. The van der Waals surface area contributed by atoms with Crippen molar-refractivity contribution in [2.45, 2.75) is 32.3 Å². The Balaban J connectivity index is 2.20. The van der Waals surface area contributed by atoms with E-state index in [1.165, 1.54) is 0 Å². The van der Waals surface area contributed by atoms with Gasteiger partial charge in [-0.05, 0) is 31.5 Å². The van der Waals surface area contributed by atoms with Crippen molar-refractivity contribution in [2.75, 3.05) is 19.6 Å². The van der Waals surface area contributed by atoms with Crippen LogP contribution in [0.4, 0.5) is 0 Å². The molecule has 1 aromatic rings. The SMILES string of the molecule is CCN1CC[C@@H]([C@@](O)(CC)c2ccccc2)C1. The van der Waals surface area contributed by atoms with Crippen LogP contribution in [0.1, 0.15) is 32.3 Å². The van der Waals surface area contributed by atoms with Crippen molar-refractivity contribution in [3.63, 3.8) is 0 Å². The van der Waals surface area contributed by atoms with Gasteiger partial charge in [-0.1, -0.05) is 44.2 Å². The van der Waals surface area contributed by atoms with E-state index in [0.29, 0.717) is 5.92 Å². The minimum absolute atomic E-state index is 0.370. The van der Waals surface area contributed by atoms with E-state index in [1.54, 1.807) is 0 Å². The summed E-state index contributed by atoms with van der Waals surface area (Å²) in [6.45, 7) is 7.51. The lowest BCUT2D eigenvalue weighted by Crippen LogP contribution is -2.36. The summed E-state index contributed by atoms with van der Waals surface area (Å²) in [6, 6.07) is 10.1. The van der Waals surface area contributed by atoms with E-state index in [9.17, 15) is 5.11 Å². The number of hydrogen-bond acceptors (Lipinski definition) is 2. The van der Waals surface area contributed by atoms with Crippen molar-refractivity contribution in [3.8, 4) is 0 Å². The summed E-state index contributed by atoms with van der Waals surface area (Å²) in [7, 11) is 0. The van der Waals surface area contributed by atoms with E-state index in [0.717, 1.165) is 38.0 Å². The Kier molecular flexibility index (Phi) is 3.85. The third-order valence-electron chi connectivity index (χ3n) is 4.21. The average molecular weight is 233 g/mol. The van der Waals surface area contributed by atoms with Gasteiger partial charge in [-0.15, -0.1) is 0 Å². The Morgan fingerprint density at radius 3 is 2.53 bits per heavy atom. The number of nitrogens with zero attached hydrogens (tertiary/aromatic N) is 1. The van der Waals surface area contributed by atoms with Crippen LogP contribution in [0.5, 0.6) is 0 Å². The van der Waals surface area contributed by atoms with Crippen molar-refractivity contribution in [1.82, 2.24) is 4.90 Å². The molecular weight excluding hydrogens is 210 g/mol. The van der Waals surface area contributed by atoms with Crippen LogP contribution in [-0.2, 0) is 5.60 Å². The van der Waals surface area contributed by atoms with Gasteiger partial charge in [0.15, 0.2) is 0 Å². The van der Waals surface area contributed by atoms with E-state index in [4.69, 9.17) is 0 Å². The molecule has 1 aliphatic heterocycles. The summed E-state index contributed by atoms with van der Waals surface area (Å²) < 4.78 is 0. The second-order valence-electron chi connectivity index (χ2n) is 5.02. The molecule has 2 atom stereocenters. The number of aliphatic hydroxyl groups is 1. The van der Waals surface area contributed by atoms with Crippen LogP contribution in [-0.4, -0.2) is 29.6 Å². The maximum atomic E-state index is 11.0. The Morgan fingerprint density at radius 2 is 2.00 bits per heavy atom. The summed E-state index contributed by atoms with van der Waals surface area (Å²) in [4.78, 5) is 2.42. The standard InChI is InChI=1S/C15H23NO/c1-3-15(17,13-8-6-5-7-9-13)14-10-11-16(4-2)12-14/h5-9,14,17H,3-4,10-12H2,1-2H3/t14-,15-/m1/s1. The van der Waals surface area contributed by atoms with Crippen LogP contribution in [0, 0.1) is 5.92 Å². The maximum Gasteiger partial charge on any atom is 0.0934 e. The van der Waals surface area contributed by atoms with Gasteiger partial charge in [0, 0.05) is 12.5 Å². The first-order valence-electron chi connectivity index (χ1n) is 6.71. The van der Waals surface area contributed by atoms with E-state index in [2.05, 4.69) is 30.9 Å². The molecule has 0 saturated carbocycles. The molecule has 0 spiro atoms. The highest BCUT2D eigenvalue weighted by Gasteiger charge is 2.40. The first-order valence-corrected chi connectivity index (χ1v) is 6.71. The van der Waals surface area contributed by atoms with Gasteiger partial charge in [0.25, 0.3) is 0 Å². The summed E-state index contributed by atoms with van der Waals surface area (Å²) in [5.41, 5.74) is 0.427. The molecule has 0 unspecified atom stereocenters. The summed E-state index contributed by atoms with van der Waals surface area (Å²) >= 11 is 0. The van der Waals surface area contributed by atoms with Crippen LogP contribution in [0.15, 0.2) is 30.3 Å². The lowest BCUT2D eigenvalue weighted by molar-refractivity contribution is -0.0240. The highest BCUT2D eigenvalue weighted by atomic mass is 16.3. The molecule has 0 aromatic heterocycles. The zero-order chi connectivity index (χ0) is 12.3. The van der Waals surface area contributed by atoms with Crippen LogP contribution >= 0.6 is 0 Å². The number of benzene rings is 1. The molecule has 1 heterocycles. The first kappa shape index (κ1) is 12.6. The van der Waals surface area contributed by atoms with Gasteiger partial charge in [0.1, 0.15) is 0 Å². The lowest BCUT2D eigenvalue weighted by Gasteiger charge is -2.33. The maximum absolute atomic E-state index is 11.0. The van der Waals surface area contributed by atoms with Gasteiger partial charge in [-0.2, -0.15) is 0 Å². The number of rotatable bonds is 4. The molecular formula is C15H23NO. The topological polar surface area (TPSA) is 23.5 Å². The molecule has 0 radical (unpaired) electrons.